The van der Waals surface area contributed by atoms with E-state index in [4.69, 9.17) is 4.84 Å². The number of rotatable bonds is 4. The van der Waals surface area contributed by atoms with Gasteiger partial charge in [0.15, 0.2) is 0 Å². The van der Waals surface area contributed by atoms with Crippen molar-refractivity contribution in [2.45, 2.75) is 12.6 Å². The van der Waals surface area contributed by atoms with Gasteiger partial charge in [0.25, 0.3) is 5.91 Å². The van der Waals surface area contributed by atoms with Crippen LogP contribution in [0.4, 0.5) is 0 Å². The van der Waals surface area contributed by atoms with Gasteiger partial charge in [-0.15, -0.1) is 0 Å². The fourth-order valence-electron chi connectivity index (χ4n) is 2.38. The van der Waals surface area contributed by atoms with Crippen LogP contribution in [0.5, 0.6) is 0 Å². The lowest BCUT2D eigenvalue weighted by Gasteiger charge is -2.31. The van der Waals surface area contributed by atoms with Crippen molar-refractivity contribution in [2.75, 3.05) is 6.61 Å². The van der Waals surface area contributed by atoms with Crippen LogP contribution >= 0.6 is 11.3 Å². The number of hydrogen-bond donors (Lipinski definition) is 1. The van der Waals surface area contributed by atoms with Gasteiger partial charge in [0.1, 0.15) is 0 Å². The Balaban J connectivity index is 2.10. The van der Waals surface area contributed by atoms with Crippen LogP contribution < -0.4 is 0 Å². The van der Waals surface area contributed by atoms with E-state index in [1.807, 2.05) is 35.0 Å². The zero-order valence-corrected chi connectivity index (χ0v) is 12.3. The van der Waals surface area contributed by atoms with Gasteiger partial charge in [-0.3, -0.25) is 9.63 Å². The van der Waals surface area contributed by atoms with Gasteiger partial charge in [-0.1, -0.05) is 30.3 Å². The maximum Gasteiger partial charge on any atom is 0.281 e. The van der Waals surface area contributed by atoms with Gasteiger partial charge in [-0.25, -0.2) is 0 Å². The van der Waals surface area contributed by atoms with Crippen molar-refractivity contribution in [3.05, 3.63) is 64.4 Å². The molecule has 21 heavy (non-hydrogen) atoms. The number of carbonyl (C=O) groups is 1. The molecule has 108 valence electrons. The number of nitrogens with zero attached hydrogens (tertiary/aromatic N) is 1. The molecule has 0 spiro atoms. The van der Waals surface area contributed by atoms with Crippen LogP contribution in [0, 0.1) is 0 Å². The number of amides is 1. The second-order valence-electron chi connectivity index (χ2n) is 4.68. The first-order chi connectivity index (χ1) is 10.2. The Morgan fingerprint density at radius 1 is 1.29 bits per heavy atom. The minimum Gasteiger partial charge on any atom is -0.362 e. The first kappa shape index (κ1) is 14.0. The van der Waals surface area contributed by atoms with Crippen molar-refractivity contribution >= 4 is 22.8 Å². The molecule has 3 rings (SSSR count). The summed E-state index contributed by atoms with van der Waals surface area (Å²) in [4.78, 5) is 18.0. The monoisotopic (exact) mass is 301 g/mol. The molecule has 0 bridgehead atoms. The largest absolute Gasteiger partial charge is 0.362 e. The average Bonchev–Trinajstić information content (AvgIpc) is 3.11. The number of aliphatic hydroxyl groups is 1. The predicted molar refractivity (Wildman–Crippen MR) is 81.1 cm³/mol. The van der Waals surface area contributed by atoms with Crippen molar-refractivity contribution in [2.24, 2.45) is 0 Å². The van der Waals surface area contributed by atoms with Crippen molar-refractivity contribution in [1.29, 1.82) is 0 Å². The van der Waals surface area contributed by atoms with Crippen molar-refractivity contribution in [3.63, 3.8) is 0 Å². The fraction of sp³-hybridized carbons (Fsp3) is 0.188. The lowest BCUT2D eigenvalue weighted by atomic mass is 10.0. The van der Waals surface area contributed by atoms with Crippen LogP contribution in [0.25, 0.3) is 5.57 Å². The summed E-state index contributed by atoms with van der Waals surface area (Å²) in [6.07, 6.45) is 1.56. The van der Waals surface area contributed by atoms with E-state index in [0.29, 0.717) is 17.7 Å². The zero-order chi connectivity index (χ0) is 14.9. The molecule has 2 aromatic rings. The summed E-state index contributed by atoms with van der Waals surface area (Å²) >= 11 is 1.50. The van der Waals surface area contributed by atoms with Crippen LogP contribution in [-0.2, 0) is 15.4 Å². The quantitative estimate of drug-likeness (QED) is 0.944. The highest BCUT2D eigenvalue weighted by molar-refractivity contribution is 7.08. The average molecular weight is 301 g/mol. The minimum atomic E-state index is -1.58. The van der Waals surface area contributed by atoms with Gasteiger partial charge >= 0.3 is 0 Å². The Kier molecular flexibility index (Phi) is 3.63. The van der Waals surface area contributed by atoms with Crippen molar-refractivity contribution in [3.8, 4) is 0 Å². The number of thiophene rings is 1. The molecule has 0 saturated carbocycles. The van der Waals surface area contributed by atoms with E-state index < -0.39 is 5.72 Å². The van der Waals surface area contributed by atoms with Crippen LogP contribution in [-0.4, -0.2) is 22.7 Å². The molecule has 5 heteroatoms. The molecule has 0 saturated heterocycles. The molecule has 1 unspecified atom stereocenters. The normalized spacial score (nSPS) is 21.7. The summed E-state index contributed by atoms with van der Waals surface area (Å²) in [5.41, 5.74) is 0.265. The molecule has 2 heterocycles. The zero-order valence-electron chi connectivity index (χ0n) is 11.5. The standard InChI is InChI=1S/C16H15NO3S/c1-2-20-17-15(18)14(12-8-9-21-11-12)10-16(17,19)13-6-4-3-5-7-13/h3-11,19H,2H2,1H3. The van der Waals surface area contributed by atoms with Gasteiger partial charge in [0.05, 0.1) is 12.2 Å². The van der Waals surface area contributed by atoms with Crippen LogP contribution in [0.15, 0.2) is 53.2 Å². The highest BCUT2D eigenvalue weighted by Gasteiger charge is 2.46. The molecule has 0 fully saturated rings. The molecule has 1 aromatic heterocycles. The SMILES string of the molecule is CCON1C(=O)C(c2ccsc2)=CC1(O)c1ccccc1. The summed E-state index contributed by atoms with van der Waals surface area (Å²) in [5.74, 6) is -0.332. The Morgan fingerprint density at radius 2 is 2.05 bits per heavy atom. The van der Waals surface area contributed by atoms with E-state index in [1.54, 1.807) is 25.1 Å². The molecule has 1 N–H and O–H groups in total. The predicted octanol–water partition coefficient (Wildman–Crippen LogP) is 2.77. The number of hydrogen-bond acceptors (Lipinski definition) is 4. The van der Waals surface area contributed by atoms with Crippen molar-refractivity contribution < 1.29 is 14.7 Å². The van der Waals surface area contributed by atoms with E-state index in [1.165, 1.54) is 11.3 Å². The van der Waals surface area contributed by atoms with Gasteiger partial charge in [0.2, 0.25) is 5.72 Å². The number of hydroxylamine groups is 2. The van der Waals surface area contributed by atoms with Crippen molar-refractivity contribution in [1.82, 2.24) is 5.06 Å². The Bertz CT molecular complexity index is 666. The fourth-order valence-corrected chi connectivity index (χ4v) is 3.04. The maximum atomic E-state index is 12.6. The molecule has 1 amide bonds. The summed E-state index contributed by atoms with van der Waals surface area (Å²) in [6, 6.07) is 10.9. The minimum absolute atomic E-state index is 0.297. The van der Waals surface area contributed by atoms with E-state index in [0.717, 1.165) is 10.6 Å². The Labute approximate surface area is 126 Å². The topological polar surface area (TPSA) is 49.8 Å². The van der Waals surface area contributed by atoms with Crippen LogP contribution in [0.1, 0.15) is 18.1 Å². The first-order valence-corrected chi connectivity index (χ1v) is 7.62. The third-order valence-electron chi connectivity index (χ3n) is 3.36. The molecular formula is C16H15NO3S. The van der Waals surface area contributed by atoms with E-state index in [2.05, 4.69) is 0 Å². The summed E-state index contributed by atoms with van der Waals surface area (Å²) in [6.45, 7) is 2.08. The van der Waals surface area contributed by atoms with Gasteiger partial charge < -0.3 is 5.11 Å². The first-order valence-electron chi connectivity index (χ1n) is 6.67. The third-order valence-corrected chi connectivity index (χ3v) is 4.04. The summed E-state index contributed by atoms with van der Waals surface area (Å²) in [7, 11) is 0. The van der Waals surface area contributed by atoms with E-state index >= 15 is 0 Å². The Morgan fingerprint density at radius 3 is 2.67 bits per heavy atom. The smallest absolute Gasteiger partial charge is 0.281 e. The van der Waals surface area contributed by atoms with Crippen LogP contribution in [0.3, 0.4) is 0 Å². The highest BCUT2D eigenvalue weighted by Crippen LogP contribution is 2.39. The molecule has 0 aliphatic carbocycles. The molecular weight excluding hydrogens is 286 g/mol. The molecule has 4 nitrogen and oxygen atoms in total. The number of carbonyl (C=O) groups excluding carboxylic acids is 1. The maximum absolute atomic E-state index is 12.6. The van der Waals surface area contributed by atoms with E-state index in [-0.39, 0.29) is 5.91 Å². The second kappa shape index (κ2) is 5.44. The summed E-state index contributed by atoms with van der Waals surface area (Å²) < 4.78 is 0. The molecule has 0 radical (unpaired) electrons. The highest BCUT2D eigenvalue weighted by atomic mass is 32.1. The van der Waals surface area contributed by atoms with Crippen LogP contribution in [0.2, 0.25) is 0 Å². The molecule has 1 aliphatic rings. The van der Waals surface area contributed by atoms with Gasteiger partial charge in [0, 0.05) is 5.56 Å². The third kappa shape index (κ3) is 2.29. The Hall–Kier alpha value is -1.95. The molecule has 1 atom stereocenters. The lowest BCUT2D eigenvalue weighted by Crippen LogP contribution is -2.44. The number of benzene rings is 1. The molecule has 1 aromatic carbocycles. The molecule has 1 aliphatic heterocycles. The van der Waals surface area contributed by atoms with Gasteiger partial charge in [-0.2, -0.15) is 16.4 Å². The van der Waals surface area contributed by atoms with Gasteiger partial charge in [-0.05, 0) is 35.4 Å². The lowest BCUT2D eigenvalue weighted by molar-refractivity contribution is -0.254. The summed E-state index contributed by atoms with van der Waals surface area (Å²) in [5, 5.41) is 15.8. The second-order valence-corrected chi connectivity index (χ2v) is 5.46. The van der Waals surface area contributed by atoms with E-state index in [9.17, 15) is 9.90 Å².